The van der Waals surface area contributed by atoms with Gasteiger partial charge in [0, 0.05) is 25.4 Å². The van der Waals surface area contributed by atoms with Gasteiger partial charge in [0.25, 0.3) is 0 Å². The van der Waals surface area contributed by atoms with Gasteiger partial charge in [-0.3, -0.25) is 0 Å². The van der Waals surface area contributed by atoms with Crippen LogP contribution in [0, 0.1) is 0 Å². The summed E-state index contributed by atoms with van der Waals surface area (Å²) < 4.78 is 2.32. The van der Waals surface area contributed by atoms with Crippen molar-refractivity contribution in [3.8, 4) is 11.1 Å². The second-order valence-corrected chi connectivity index (χ2v) is 11.9. The van der Waals surface area contributed by atoms with E-state index in [1.165, 1.54) is 42.6 Å². The average Bonchev–Trinajstić information content (AvgIpc) is 3.28. The fraction of sp³-hybridized carbons (Fsp3) is 0.0323. The van der Waals surface area contributed by atoms with Crippen LogP contribution in [0.25, 0.3) is 11.1 Å². The summed E-state index contributed by atoms with van der Waals surface area (Å²) in [5.41, 5.74) is 5.55. The van der Waals surface area contributed by atoms with Gasteiger partial charge < -0.3 is 0 Å². The van der Waals surface area contributed by atoms with Crippen LogP contribution in [0.3, 0.4) is 0 Å². The number of halogens is 2. The van der Waals surface area contributed by atoms with Gasteiger partial charge in [-0.2, -0.15) is 0 Å². The molecule has 0 fully saturated rings. The minimum Gasteiger partial charge on any atom is -0.0622 e. The molecular formula is C31H23Br2NiP. The van der Waals surface area contributed by atoms with E-state index in [2.05, 4.69) is 159 Å². The Morgan fingerprint density at radius 2 is 0.943 bits per heavy atom. The molecule has 1 aliphatic rings. The Kier molecular flexibility index (Phi) is 9.15. The van der Waals surface area contributed by atoms with E-state index in [9.17, 15) is 0 Å². The van der Waals surface area contributed by atoms with Crippen molar-refractivity contribution in [3.05, 3.63) is 147 Å². The molecule has 1 aliphatic carbocycles. The first-order valence-electron chi connectivity index (χ1n) is 11.2. The van der Waals surface area contributed by atoms with Gasteiger partial charge in [-0.05, 0) is 90.4 Å². The number of hydrogen-bond acceptors (Lipinski definition) is 0. The molecule has 0 aliphatic heterocycles. The Morgan fingerprint density at radius 1 is 0.486 bits per heavy atom. The van der Waals surface area contributed by atoms with E-state index in [1.54, 1.807) is 0 Å². The molecule has 0 unspecified atom stereocenters. The summed E-state index contributed by atoms with van der Waals surface area (Å²) >= 11 is 7.19. The molecule has 0 N–H and O–H groups in total. The third-order valence-corrected chi connectivity index (χ3v) is 10.5. The van der Waals surface area contributed by atoms with Crippen molar-refractivity contribution in [1.82, 2.24) is 0 Å². The van der Waals surface area contributed by atoms with E-state index in [1.807, 2.05) is 0 Å². The maximum Gasteiger partial charge on any atom is 0.0359 e. The Morgan fingerprint density at radius 3 is 1.46 bits per heavy atom. The average molecular weight is 645 g/mol. The summed E-state index contributed by atoms with van der Waals surface area (Å²) in [5, 5.41) is 4.19. The van der Waals surface area contributed by atoms with Crippen LogP contribution in [0.5, 0.6) is 0 Å². The minimum atomic E-state index is -0.446. The van der Waals surface area contributed by atoms with Crippen LogP contribution in [0.4, 0.5) is 0 Å². The number of benzene rings is 5. The second-order valence-electron chi connectivity index (χ2n) is 8.06. The van der Waals surface area contributed by atoms with Gasteiger partial charge in [-0.25, -0.2) is 0 Å². The largest absolute Gasteiger partial charge is 0.0622 e. The van der Waals surface area contributed by atoms with Crippen LogP contribution >= 0.6 is 39.8 Å². The first kappa shape index (κ1) is 26.1. The molecule has 5 aromatic carbocycles. The van der Waals surface area contributed by atoms with Gasteiger partial charge in [-0.15, -0.1) is 0 Å². The molecule has 5 aromatic rings. The smallest absolute Gasteiger partial charge is 0.0359 e. The van der Waals surface area contributed by atoms with Crippen molar-refractivity contribution < 1.29 is 16.5 Å². The molecule has 0 nitrogen and oxygen atoms in total. The van der Waals surface area contributed by atoms with Crippen molar-refractivity contribution in [1.29, 1.82) is 0 Å². The van der Waals surface area contributed by atoms with Crippen molar-refractivity contribution in [2.75, 3.05) is 0 Å². The molecule has 0 radical (unpaired) electrons. The third-order valence-electron chi connectivity index (χ3n) is 5.91. The summed E-state index contributed by atoms with van der Waals surface area (Å²) in [6.07, 6.45) is 1.03. The van der Waals surface area contributed by atoms with Crippen molar-refractivity contribution in [2.24, 2.45) is 0 Å². The van der Waals surface area contributed by atoms with E-state index in [4.69, 9.17) is 0 Å². The van der Waals surface area contributed by atoms with E-state index >= 15 is 0 Å². The predicted molar refractivity (Wildman–Crippen MR) is 155 cm³/mol. The van der Waals surface area contributed by atoms with Crippen LogP contribution in [-0.2, 0) is 22.9 Å². The summed E-state index contributed by atoms with van der Waals surface area (Å²) in [6, 6.07) is 45.2. The molecule has 0 saturated heterocycles. The number of hydrogen-bond donors (Lipinski definition) is 0. The standard InChI is InChI=1S/C18H15P.C13H8Br2.Ni/c1-4-10-16(11-5-1)19(17-12-6-2-7-13-17)18-14-8-3-9-15-18;14-12-6-5-10-9-4-2-1-3-8(9)7-11(10)13(12)15;/h1-15H;1-6H,7H2;. The van der Waals surface area contributed by atoms with Crippen LogP contribution < -0.4 is 15.9 Å². The predicted octanol–water partition coefficient (Wildman–Crippen LogP) is 8.23. The molecule has 0 heterocycles. The van der Waals surface area contributed by atoms with Gasteiger partial charge >= 0.3 is 0 Å². The maximum absolute atomic E-state index is 3.64. The van der Waals surface area contributed by atoms with Gasteiger partial charge in [0.05, 0.1) is 0 Å². The van der Waals surface area contributed by atoms with Crippen molar-refractivity contribution >= 4 is 55.7 Å². The van der Waals surface area contributed by atoms with Gasteiger partial charge in [0.2, 0.25) is 0 Å². The molecular weight excluding hydrogens is 622 g/mol. The molecule has 0 amide bonds. The van der Waals surface area contributed by atoms with Crippen LogP contribution in [-0.4, -0.2) is 0 Å². The van der Waals surface area contributed by atoms with E-state index in [0.29, 0.717) is 0 Å². The Balaban J connectivity index is 0.000000164. The first-order chi connectivity index (χ1) is 16.7. The van der Waals surface area contributed by atoms with Gasteiger partial charge in [-0.1, -0.05) is 121 Å². The van der Waals surface area contributed by atoms with E-state index in [0.717, 1.165) is 10.9 Å². The first-order valence-corrected chi connectivity index (χ1v) is 14.2. The zero-order valence-corrected chi connectivity index (χ0v) is 23.9. The maximum atomic E-state index is 3.64. The van der Waals surface area contributed by atoms with Crippen LogP contribution in [0.2, 0.25) is 0 Å². The normalized spacial score (nSPS) is 11.1. The number of fused-ring (bicyclic) bond motifs is 3. The minimum absolute atomic E-state index is 0. The summed E-state index contributed by atoms with van der Waals surface area (Å²) in [6.45, 7) is 0. The van der Waals surface area contributed by atoms with Gasteiger partial charge in [0.15, 0.2) is 0 Å². The molecule has 0 bridgehead atoms. The molecule has 4 heteroatoms. The van der Waals surface area contributed by atoms with E-state index < -0.39 is 7.92 Å². The number of rotatable bonds is 3. The fourth-order valence-corrected chi connectivity index (χ4v) is 7.49. The van der Waals surface area contributed by atoms with Crippen LogP contribution in [0.1, 0.15) is 11.1 Å². The molecule has 0 atom stereocenters. The quantitative estimate of drug-likeness (QED) is 0.135. The summed E-state index contributed by atoms with van der Waals surface area (Å²) in [7, 11) is -0.446. The molecule has 6 rings (SSSR count). The molecule has 35 heavy (non-hydrogen) atoms. The zero-order chi connectivity index (χ0) is 23.3. The van der Waals surface area contributed by atoms with Crippen molar-refractivity contribution in [3.63, 3.8) is 0 Å². The monoisotopic (exact) mass is 642 g/mol. The zero-order valence-electron chi connectivity index (χ0n) is 18.9. The van der Waals surface area contributed by atoms with E-state index in [-0.39, 0.29) is 16.5 Å². The van der Waals surface area contributed by atoms with Crippen LogP contribution in [0.15, 0.2) is 136 Å². The fourth-order valence-electron chi connectivity index (χ4n) is 4.32. The second kappa shape index (κ2) is 12.3. The van der Waals surface area contributed by atoms with Crippen molar-refractivity contribution in [2.45, 2.75) is 6.42 Å². The Hall–Kier alpha value is -2.02. The summed E-state index contributed by atoms with van der Waals surface area (Å²) in [5.74, 6) is 0. The van der Waals surface area contributed by atoms with Gasteiger partial charge in [0.1, 0.15) is 0 Å². The topological polar surface area (TPSA) is 0 Å². The third kappa shape index (κ3) is 5.87. The Bertz CT molecular complexity index is 1300. The summed E-state index contributed by atoms with van der Waals surface area (Å²) in [4.78, 5) is 0. The molecule has 0 spiro atoms. The molecule has 0 aromatic heterocycles. The molecule has 176 valence electrons. The SMILES string of the molecule is Brc1ccc2c(c1Br)Cc1ccccc1-2.[Ni].c1ccc(P(c2ccccc2)c2ccccc2)cc1. The Labute approximate surface area is 235 Å². The molecule has 0 saturated carbocycles.